The van der Waals surface area contributed by atoms with Gasteiger partial charge in [0.1, 0.15) is 0 Å². The van der Waals surface area contributed by atoms with E-state index in [1.165, 1.54) is 0 Å². The average molecular weight is 232 g/mol. The maximum Gasteiger partial charge on any atom is 0.222 e. The van der Waals surface area contributed by atoms with Gasteiger partial charge in [-0.1, -0.05) is 6.92 Å². The average Bonchev–Trinajstić information content (AvgIpc) is 2.24. The monoisotopic (exact) mass is 232 g/mol. The largest absolute Gasteiger partial charge is 0.343 e. The molecule has 2 unspecified atom stereocenters. The van der Waals surface area contributed by atoms with Crippen LogP contribution in [0.3, 0.4) is 0 Å². The molecule has 1 amide bonds. The van der Waals surface area contributed by atoms with Crippen molar-refractivity contribution in [2.24, 2.45) is 11.7 Å². The number of carbonyl (C=O) groups is 1. The summed E-state index contributed by atoms with van der Waals surface area (Å²) < 4.78 is 0. The van der Waals surface area contributed by atoms with Crippen LogP contribution in [-0.2, 0) is 4.79 Å². The first-order valence-electron chi connectivity index (χ1n) is 5.47. The second-order valence-corrected chi connectivity index (χ2v) is 5.17. The van der Waals surface area contributed by atoms with Gasteiger partial charge in [-0.25, -0.2) is 0 Å². The van der Waals surface area contributed by atoms with E-state index >= 15 is 0 Å². The molecule has 0 heterocycles. The van der Waals surface area contributed by atoms with E-state index in [0.29, 0.717) is 19.0 Å². The van der Waals surface area contributed by atoms with Crippen LogP contribution in [0.4, 0.5) is 0 Å². The van der Waals surface area contributed by atoms with Crippen molar-refractivity contribution in [3.8, 4) is 0 Å². The van der Waals surface area contributed by atoms with Gasteiger partial charge in [0.2, 0.25) is 5.91 Å². The molecular formula is C11H24N2OS. The van der Waals surface area contributed by atoms with Crippen molar-refractivity contribution < 1.29 is 4.79 Å². The Kier molecular flexibility index (Phi) is 7.88. The zero-order valence-corrected chi connectivity index (χ0v) is 11.1. The van der Waals surface area contributed by atoms with Gasteiger partial charge < -0.3 is 10.6 Å². The molecule has 90 valence electrons. The summed E-state index contributed by atoms with van der Waals surface area (Å²) >= 11 is 1.82. The molecule has 4 heteroatoms. The second-order valence-electron chi connectivity index (χ2n) is 4.18. The molecule has 3 nitrogen and oxygen atoms in total. The predicted octanol–water partition coefficient (Wildman–Crippen LogP) is 1.57. The summed E-state index contributed by atoms with van der Waals surface area (Å²) in [4.78, 5) is 13.6. The minimum absolute atomic E-state index is 0.210. The van der Waals surface area contributed by atoms with E-state index in [1.54, 1.807) is 0 Å². The zero-order chi connectivity index (χ0) is 11.8. The number of hydrogen-bond acceptors (Lipinski definition) is 3. The van der Waals surface area contributed by atoms with Crippen LogP contribution in [-0.4, -0.2) is 42.4 Å². The Morgan fingerprint density at radius 3 is 2.53 bits per heavy atom. The van der Waals surface area contributed by atoms with Gasteiger partial charge in [0.05, 0.1) is 0 Å². The summed E-state index contributed by atoms with van der Waals surface area (Å²) in [6.45, 7) is 4.69. The Labute approximate surface area is 97.8 Å². The Bertz CT molecular complexity index is 187. The molecule has 0 aliphatic carbocycles. The molecule has 0 saturated carbocycles. The van der Waals surface area contributed by atoms with Crippen LogP contribution in [0.15, 0.2) is 0 Å². The third-order valence-corrected chi connectivity index (χ3v) is 3.36. The lowest BCUT2D eigenvalue weighted by molar-refractivity contribution is -0.132. The Morgan fingerprint density at radius 2 is 2.07 bits per heavy atom. The highest BCUT2D eigenvalue weighted by atomic mass is 32.2. The first-order valence-corrected chi connectivity index (χ1v) is 6.87. The molecule has 15 heavy (non-hydrogen) atoms. The fourth-order valence-corrected chi connectivity index (χ4v) is 1.83. The van der Waals surface area contributed by atoms with Gasteiger partial charge in [0, 0.05) is 19.5 Å². The van der Waals surface area contributed by atoms with Gasteiger partial charge in [0.25, 0.3) is 0 Å². The van der Waals surface area contributed by atoms with Crippen molar-refractivity contribution in [3.63, 3.8) is 0 Å². The molecule has 0 fully saturated rings. The van der Waals surface area contributed by atoms with Crippen molar-refractivity contribution in [1.29, 1.82) is 0 Å². The molecule has 0 bridgehead atoms. The third-order valence-electron chi connectivity index (χ3n) is 2.72. The number of thioether (sulfide) groups is 1. The number of rotatable bonds is 7. The van der Waals surface area contributed by atoms with E-state index in [1.807, 2.05) is 30.6 Å². The van der Waals surface area contributed by atoms with Crippen LogP contribution in [0.2, 0.25) is 0 Å². The smallest absolute Gasteiger partial charge is 0.222 e. The van der Waals surface area contributed by atoms with E-state index in [-0.39, 0.29) is 11.8 Å². The van der Waals surface area contributed by atoms with Crippen LogP contribution in [0.1, 0.15) is 26.7 Å². The molecule has 0 aliphatic rings. The molecular weight excluding hydrogens is 208 g/mol. The number of nitrogens with two attached hydrogens (primary N) is 1. The summed E-state index contributed by atoms with van der Waals surface area (Å²) in [6, 6.07) is 0.329. The summed E-state index contributed by atoms with van der Waals surface area (Å²) in [6.07, 6.45) is 3.71. The molecule has 0 aliphatic heterocycles. The molecule has 0 aromatic rings. The van der Waals surface area contributed by atoms with Gasteiger partial charge in [-0.2, -0.15) is 11.8 Å². The van der Waals surface area contributed by atoms with Crippen molar-refractivity contribution in [1.82, 2.24) is 4.90 Å². The quantitative estimate of drug-likeness (QED) is 0.725. The Morgan fingerprint density at radius 1 is 1.47 bits per heavy atom. The van der Waals surface area contributed by atoms with E-state index in [9.17, 15) is 4.79 Å². The van der Waals surface area contributed by atoms with Gasteiger partial charge in [-0.3, -0.25) is 4.79 Å². The zero-order valence-electron chi connectivity index (χ0n) is 10.3. The molecule has 0 spiro atoms. The SMILES string of the molecule is CSCCC(C)N(C)C(=O)CC(C)CN. The normalized spacial score (nSPS) is 14.7. The van der Waals surface area contributed by atoms with Crippen LogP contribution in [0.5, 0.6) is 0 Å². The van der Waals surface area contributed by atoms with E-state index in [2.05, 4.69) is 13.2 Å². The van der Waals surface area contributed by atoms with E-state index < -0.39 is 0 Å². The Hall–Kier alpha value is -0.220. The first kappa shape index (κ1) is 14.8. The first-order chi connectivity index (χ1) is 7.02. The number of nitrogens with zero attached hydrogens (tertiary/aromatic N) is 1. The maximum absolute atomic E-state index is 11.8. The molecule has 2 N–H and O–H groups in total. The van der Waals surface area contributed by atoms with E-state index in [4.69, 9.17) is 5.73 Å². The summed E-state index contributed by atoms with van der Waals surface area (Å²) in [7, 11) is 1.89. The fraction of sp³-hybridized carbons (Fsp3) is 0.909. The summed E-state index contributed by atoms with van der Waals surface area (Å²) in [5, 5.41) is 0. The molecule has 0 aromatic heterocycles. The highest BCUT2D eigenvalue weighted by Gasteiger charge is 2.16. The minimum atomic E-state index is 0.210. The maximum atomic E-state index is 11.8. The predicted molar refractivity (Wildman–Crippen MR) is 68.1 cm³/mol. The molecule has 0 radical (unpaired) electrons. The lowest BCUT2D eigenvalue weighted by Gasteiger charge is -2.25. The van der Waals surface area contributed by atoms with E-state index in [0.717, 1.165) is 12.2 Å². The topological polar surface area (TPSA) is 46.3 Å². The molecule has 0 aromatic carbocycles. The summed E-state index contributed by atoms with van der Waals surface area (Å²) in [5.74, 6) is 1.60. The van der Waals surface area contributed by atoms with Crippen molar-refractivity contribution in [2.75, 3.05) is 25.6 Å². The van der Waals surface area contributed by atoms with Crippen molar-refractivity contribution >= 4 is 17.7 Å². The highest BCUT2D eigenvalue weighted by Crippen LogP contribution is 2.09. The standard InChI is InChI=1S/C11H24N2OS/c1-9(8-12)7-11(14)13(3)10(2)5-6-15-4/h9-10H,5-8,12H2,1-4H3. The lowest BCUT2D eigenvalue weighted by Crippen LogP contribution is -2.36. The van der Waals surface area contributed by atoms with Crippen LogP contribution in [0.25, 0.3) is 0 Å². The van der Waals surface area contributed by atoms with Crippen molar-refractivity contribution in [2.45, 2.75) is 32.7 Å². The summed E-state index contributed by atoms with van der Waals surface area (Å²) in [5.41, 5.74) is 5.50. The van der Waals surface area contributed by atoms with Gasteiger partial charge >= 0.3 is 0 Å². The molecule has 0 saturated heterocycles. The van der Waals surface area contributed by atoms with Gasteiger partial charge in [0.15, 0.2) is 0 Å². The molecule has 0 rings (SSSR count). The third kappa shape index (κ3) is 6.05. The lowest BCUT2D eigenvalue weighted by atomic mass is 10.1. The Balaban J connectivity index is 3.95. The number of hydrogen-bond donors (Lipinski definition) is 1. The van der Waals surface area contributed by atoms with Crippen LogP contribution < -0.4 is 5.73 Å². The van der Waals surface area contributed by atoms with Gasteiger partial charge in [-0.15, -0.1) is 0 Å². The van der Waals surface area contributed by atoms with Gasteiger partial charge in [-0.05, 0) is 37.8 Å². The minimum Gasteiger partial charge on any atom is -0.343 e. The second kappa shape index (κ2) is 7.99. The highest BCUT2D eigenvalue weighted by molar-refractivity contribution is 7.98. The fourth-order valence-electron chi connectivity index (χ4n) is 1.25. The number of amides is 1. The molecule has 2 atom stereocenters. The van der Waals surface area contributed by atoms with Crippen molar-refractivity contribution in [3.05, 3.63) is 0 Å². The number of carbonyl (C=O) groups excluding carboxylic acids is 1. The van der Waals surface area contributed by atoms with Crippen LogP contribution in [0, 0.1) is 5.92 Å². The van der Waals surface area contributed by atoms with Crippen LogP contribution >= 0.6 is 11.8 Å².